The monoisotopic (exact) mass is 293 g/mol. The molecule has 1 aromatic carbocycles. The van der Waals surface area contributed by atoms with E-state index >= 15 is 0 Å². The fourth-order valence-electron chi connectivity index (χ4n) is 2.64. The summed E-state index contributed by atoms with van der Waals surface area (Å²) < 4.78 is 0. The first-order valence-corrected chi connectivity index (χ1v) is 7.37. The molecule has 108 valence electrons. The highest BCUT2D eigenvalue weighted by Gasteiger charge is 2.40. The lowest BCUT2D eigenvalue weighted by molar-refractivity contribution is -0.149. The van der Waals surface area contributed by atoms with Crippen LogP contribution in [0.2, 0.25) is 0 Å². The van der Waals surface area contributed by atoms with Crippen molar-refractivity contribution in [3.63, 3.8) is 0 Å². The molecule has 3 atom stereocenters. The maximum absolute atomic E-state index is 12.3. The van der Waals surface area contributed by atoms with Crippen LogP contribution >= 0.6 is 12.6 Å². The number of carbonyl (C=O) groups is 2. The molecule has 0 spiro atoms. The van der Waals surface area contributed by atoms with Crippen LogP contribution in [0.5, 0.6) is 0 Å². The first-order chi connectivity index (χ1) is 9.54. The van der Waals surface area contributed by atoms with Gasteiger partial charge in [0.25, 0.3) is 0 Å². The molecule has 4 nitrogen and oxygen atoms in total. The number of nitrogens with zero attached hydrogens (tertiary/aromatic N) is 1. The standard InChI is InChI=1S/C15H19NO3S/c1-10(9-20)14(17)16-8-12(7-13(16)15(18)19)11-5-3-2-4-6-11/h2-6,10,12-13,20H,7-9H2,1H3,(H,18,19)/t10?,12-,13-/m0/s1. The van der Waals surface area contributed by atoms with E-state index in [0.717, 1.165) is 5.56 Å². The van der Waals surface area contributed by atoms with Crippen LogP contribution in [0.1, 0.15) is 24.8 Å². The molecular weight excluding hydrogens is 274 g/mol. The number of likely N-dealkylation sites (tertiary alicyclic amines) is 1. The van der Waals surface area contributed by atoms with Crippen molar-refractivity contribution in [1.82, 2.24) is 4.90 Å². The number of hydrogen-bond acceptors (Lipinski definition) is 3. The minimum absolute atomic E-state index is 0.0911. The second kappa shape index (κ2) is 6.31. The van der Waals surface area contributed by atoms with E-state index in [9.17, 15) is 14.7 Å². The minimum atomic E-state index is -0.928. The average Bonchev–Trinajstić information content (AvgIpc) is 2.92. The van der Waals surface area contributed by atoms with Crippen LogP contribution < -0.4 is 0 Å². The van der Waals surface area contributed by atoms with Crippen molar-refractivity contribution in [2.75, 3.05) is 12.3 Å². The number of benzene rings is 1. The molecule has 2 rings (SSSR count). The average molecular weight is 293 g/mol. The molecule has 1 N–H and O–H groups in total. The van der Waals surface area contributed by atoms with Gasteiger partial charge in [-0.15, -0.1) is 0 Å². The quantitative estimate of drug-likeness (QED) is 0.835. The summed E-state index contributed by atoms with van der Waals surface area (Å²) in [5, 5.41) is 9.34. The van der Waals surface area contributed by atoms with Gasteiger partial charge in [0.15, 0.2) is 0 Å². The maximum Gasteiger partial charge on any atom is 0.326 e. The smallest absolute Gasteiger partial charge is 0.326 e. The molecule has 1 aromatic rings. The van der Waals surface area contributed by atoms with Gasteiger partial charge in [-0.2, -0.15) is 12.6 Å². The maximum atomic E-state index is 12.3. The molecular formula is C15H19NO3S. The van der Waals surface area contributed by atoms with E-state index in [1.165, 1.54) is 4.90 Å². The SMILES string of the molecule is CC(CS)C(=O)N1C[C@@H](c2ccccc2)C[C@H]1C(=O)O. The summed E-state index contributed by atoms with van der Waals surface area (Å²) in [6.07, 6.45) is 0.477. The van der Waals surface area contributed by atoms with Crippen molar-refractivity contribution in [3.05, 3.63) is 35.9 Å². The van der Waals surface area contributed by atoms with Crippen molar-refractivity contribution < 1.29 is 14.7 Å². The largest absolute Gasteiger partial charge is 0.480 e. The lowest BCUT2D eigenvalue weighted by Crippen LogP contribution is -2.43. The van der Waals surface area contributed by atoms with Crippen LogP contribution in [0.3, 0.4) is 0 Å². The van der Waals surface area contributed by atoms with Gasteiger partial charge in [0, 0.05) is 24.1 Å². The van der Waals surface area contributed by atoms with Crippen molar-refractivity contribution >= 4 is 24.5 Å². The van der Waals surface area contributed by atoms with Gasteiger partial charge >= 0.3 is 5.97 Å². The van der Waals surface area contributed by atoms with E-state index in [1.807, 2.05) is 30.3 Å². The molecule has 1 unspecified atom stereocenters. The zero-order valence-electron chi connectivity index (χ0n) is 11.4. The number of carboxylic acid groups (broad SMARTS) is 1. The van der Waals surface area contributed by atoms with Crippen molar-refractivity contribution in [3.8, 4) is 0 Å². The highest BCUT2D eigenvalue weighted by molar-refractivity contribution is 7.80. The molecule has 1 amide bonds. The van der Waals surface area contributed by atoms with Crippen LogP contribution in [-0.2, 0) is 9.59 Å². The number of hydrogen-bond donors (Lipinski definition) is 2. The van der Waals surface area contributed by atoms with E-state index in [0.29, 0.717) is 18.7 Å². The Morgan fingerprint density at radius 1 is 1.40 bits per heavy atom. The van der Waals surface area contributed by atoms with Crippen molar-refractivity contribution in [2.45, 2.75) is 25.3 Å². The summed E-state index contributed by atoms with van der Waals surface area (Å²) in [5.41, 5.74) is 1.09. The molecule has 0 saturated carbocycles. The van der Waals surface area contributed by atoms with Gasteiger partial charge in [0.2, 0.25) is 5.91 Å². The third-order valence-electron chi connectivity index (χ3n) is 3.84. The Labute approximate surface area is 124 Å². The number of thiol groups is 1. The van der Waals surface area contributed by atoms with E-state index in [-0.39, 0.29) is 17.7 Å². The third kappa shape index (κ3) is 2.98. The highest BCUT2D eigenvalue weighted by atomic mass is 32.1. The van der Waals surface area contributed by atoms with E-state index in [1.54, 1.807) is 6.92 Å². The molecule has 20 heavy (non-hydrogen) atoms. The number of carboxylic acids is 1. The first kappa shape index (κ1) is 14.9. The van der Waals surface area contributed by atoms with Gasteiger partial charge in [0.05, 0.1) is 0 Å². The Kier molecular flexibility index (Phi) is 4.70. The Morgan fingerprint density at radius 3 is 2.60 bits per heavy atom. The predicted octanol–water partition coefficient (Wildman–Crippen LogP) is 2.02. The fourth-order valence-corrected chi connectivity index (χ4v) is 2.80. The number of aliphatic carboxylic acids is 1. The Morgan fingerprint density at radius 2 is 2.05 bits per heavy atom. The molecule has 0 bridgehead atoms. The summed E-state index contributed by atoms with van der Waals surface area (Å²) in [6, 6.07) is 9.05. The molecule has 1 aliphatic rings. The van der Waals surface area contributed by atoms with Gasteiger partial charge < -0.3 is 10.0 Å². The zero-order chi connectivity index (χ0) is 14.7. The van der Waals surface area contributed by atoms with Crippen molar-refractivity contribution in [2.24, 2.45) is 5.92 Å². The minimum Gasteiger partial charge on any atom is -0.480 e. The Hall–Kier alpha value is -1.49. The molecule has 1 heterocycles. The third-order valence-corrected chi connectivity index (χ3v) is 4.38. The van der Waals surface area contributed by atoms with Gasteiger partial charge in [-0.3, -0.25) is 4.79 Å². The summed E-state index contributed by atoms with van der Waals surface area (Å²) in [5.74, 6) is -0.783. The highest BCUT2D eigenvalue weighted by Crippen LogP contribution is 2.32. The number of rotatable bonds is 4. The molecule has 0 aliphatic carbocycles. The van der Waals surface area contributed by atoms with E-state index < -0.39 is 12.0 Å². The first-order valence-electron chi connectivity index (χ1n) is 6.73. The van der Waals surface area contributed by atoms with Crippen LogP contribution in [0.4, 0.5) is 0 Å². The Bertz CT molecular complexity index is 491. The van der Waals surface area contributed by atoms with Gasteiger partial charge in [-0.25, -0.2) is 4.79 Å². The van der Waals surface area contributed by atoms with Crippen LogP contribution in [0.25, 0.3) is 0 Å². The molecule has 1 aliphatic heterocycles. The zero-order valence-corrected chi connectivity index (χ0v) is 12.3. The number of amides is 1. The molecule has 0 aromatic heterocycles. The van der Waals surface area contributed by atoms with E-state index in [4.69, 9.17) is 0 Å². The lowest BCUT2D eigenvalue weighted by Gasteiger charge is -2.24. The Balaban J connectivity index is 2.20. The van der Waals surface area contributed by atoms with Crippen LogP contribution in [0.15, 0.2) is 30.3 Å². The number of carbonyl (C=O) groups excluding carboxylic acids is 1. The summed E-state index contributed by atoms with van der Waals surface area (Å²) >= 11 is 4.13. The second-order valence-electron chi connectivity index (χ2n) is 5.27. The van der Waals surface area contributed by atoms with Crippen LogP contribution in [0, 0.1) is 5.92 Å². The van der Waals surface area contributed by atoms with Gasteiger partial charge in [-0.05, 0) is 12.0 Å². The van der Waals surface area contributed by atoms with Crippen LogP contribution in [-0.4, -0.2) is 40.2 Å². The predicted molar refractivity (Wildman–Crippen MR) is 80.0 cm³/mol. The molecule has 0 radical (unpaired) electrons. The van der Waals surface area contributed by atoms with E-state index in [2.05, 4.69) is 12.6 Å². The topological polar surface area (TPSA) is 57.6 Å². The molecule has 1 saturated heterocycles. The molecule has 5 heteroatoms. The normalized spacial score (nSPS) is 23.6. The van der Waals surface area contributed by atoms with Crippen molar-refractivity contribution in [1.29, 1.82) is 0 Å². The van der Waals surface area contributed by atoms with Gasteiger partial charge in [0.1, 0.15) is 6.04 Å². The van der Waals surface area contributed by atoms with Gasteiger partial charge in [-0.1, -0.05) is 37.3 Å². The fraction of sp³-hybridized carbons (Fsp3) is 0.467. The summed E-state index contributed by atoms with van der Waals surface area (Å²) in [7, 11) is 0. The summed E-state index contributed by atoms with van der Waals surface area (Å²) in [6.45, 7) is 2.25. The lowest BCUT2D eigenvalue weighted by atomic mass is 9.96. The summed E-state index contributed by atoms with van der Waals surface area (Å²) in [4.78, 5) is 25.2. The second-order valence-corrected chi connectivity index (χ2v) is 5.64. The molecule has 1 fully saturated rings.